The predicted octanol–water partition coefficient (Wildman–Crippen LogP) is 1.60. The number of carbonyl (C=O) groups is 1. The van der Waals surface area contributed by atoms with Gasteiger partial charge in [-0.25, -0.2) is 0 Å². The SMILES string of the molecule is CCN(Cc1ccccc1Cl)S(=O)(=O)N1CCC(C(N)=O)CC1. The number of piperidine rings is 1. The fourth-order valence-electron chi connectivity index (χ4n) is 2.71. The first-order valence-electron chi connectivity index (χ1n) is 7.64. The summed E-state index contributed by atoms with van der Waals surface area (Å²) >= 11 is 6.13. The van der Waals surface area contributed by atoms with Gasteiger partial charge in [-0.3, -0.25) is 4.79 Å². The molecule has 1 aliphatic rings. The normalized spacial score (nSPS) is 17.5. The van der Waals surface area contributed by atoms with Crippen LogP contribution in [0.25, 0.3) is 0 Å². The van der Waals surface area contributed by atoms with Crippen LogP contribution in [-0.2, 0) is 21.5 Å². The van der Waals surface area contributed by atoms with Crippen LogP contribution >= 0.6 is 11.6 Å². The van der Waals surface area contributed by atoms with E-state index in [2.05, 4.69) is 0 Å². The summed E-state index contributed by atoms with van der Waals surface area (Å²) in [5, 5.41) is 0.550. The van der Waals surface area contributed by atoms with Crippen molar-refractivity contribution in [2.24, 2.45) is 11.7 Å². The maximum atomic E-state index is 12.8. The summed E-state index contributed by atoms with van der Waals surface area (Å²) in [4.78, 5) is 11.2. The van der Waals surface area contributed by atoms with E-state index in [1.54, 1.807) is 13.0 Å². The highest BCUT2D eigenvalue weighted by Gasteiger charge is 2.33. The molecule has 1 amide bonds. The molecule has 0 radical (unpaired) electrons. The Morgan fingerprint density at radius 2 is 1.96 bits per heavy atom. The fraction of sp³-hybridized carbons (Fsp3) is 0.533. The van der Waals surface area contributed by atoms with Crippen LogP contribution in [-0.4, -0.2) is 42.6 Å². The number of carbonyl (C=O) groups excluding carboxylic acids is 1. The Bertz CT molecular complexity index is 658. The minimum Gasteiger partial charge on any atom is -0.369 e. The van der Waals surface area contributed by atoms with E-state index in [-0.39, 0.29) is 18.4 Å². The van der Waals surface area contributed by atoms with Crippen molar-refractivity contribution < 1.29 is 13.2 Å². The number of hydrogen-bond acceptors (Lipinski definition) is 3. The Balaban J connectivity index is 2.11. The molecule has 1 aromatic carbocycles. The Kier molecular flexibility index (Phi) is 6.02. The lowest BCUT2D eigenvalue weighted by Crippen LogP contribution is -2.48. The summed E-state index contributed by atoms with van der Waals surface area (Å²) in [6.45, 7) is 3.01. The van der Waals surface area contributed by atoms with Gasteiger partial charge in [-0.05, 0) is 24.5 Å². The van der Waals surface area contributed by atoms with Crippen molar-refractivity contribution in [2.75, 3.05) is 19.6 Å². The summed E-state index contributed by atoms with van der Waals surface area (Å²) in [6.07, 6.45) is 0.941. The van der Waals surface area contributed by atoms with Gasteiger partial charge in [0.15, 0.2) is 0 Å². The lowest BCUT2D eigenvalue weighted by Gasteiger charge is -2.33. The van der Waals surface area contributed by atoms with Gasteiger partial charge in [0.25, 0.3) is 10.2 Å². The largest absolute Gasteiger partial charge is 0.369 e. The van der Waals surface area contributed by atoms with Crippen molar-refractivity contribution in [3.63, 3.8) is 0 Å². The Labute approximate surface area is 142 Å². The van der Waals surface area contributed by atoms with E-state index in [0.717, 1.165) is 5.56 Å². The summed E-state index contributed by atoms with van der Waals surface area (Å²) < 4.78 is 28.4. The van der Waals surface area contributed by atoms with Gasteiger partial charge in [0.2, 0.25) is 5.91 Å². The predicted molar refractivity (Wildman–Crippen MR) is 89.9 cm³/mol. The molecule has 6 nitrogen and oxygen atoms in total. The van der Waals surface area contributed by atoms with E-state index in [0.29, 0.717) is 37.5 Å². The third kappa shape index (κ3) is 4.23. The quantitative estimate of drug-likeness (QED) is 0.837. The zero-order chi connectivity index (χ0) is 17.0. The molecule has 2 N–H and O–H groups in total. The molecule has 0 saturated carbocycles. The summed E-state index contributed by atoms with van der Waals surface area (Å²) in [6, 6.07) is 7.21. The minimum absolute atomic E-state index is 0.230. The number of rotatable bonds is 6. The van der Waals surface area contributed by atoms with Crippen LogP contribution < -0.4 is 5.73 Å². The molecule has 0 bridgehead atoms. The molecule has 1 heterocycles. The van der Waals surface area contributed by atoms with Crippen LogP contribution in [0.5, 0.6) is 0 Å². The number of nitrogens with zero attached hydrogens (tertiary/aromatic N) is 2. The smallest absolute Gasteiger partial charge is 0.282 e. The van der Waals surface area contributed by atoms with Gasteiger partial charge in [0.05, 0.1) is 0 Å². The summed E-state index contributed by atoms with van der Waals surface area (Å²) in [5.74, 6) is -0.592. The highest BCUT2D eigenvalue weighted by Crippen LogP contribution is 2.24. The molecular formula is C15H22ClN3O3S. The van der Waals surface area contributed by atoms with Crippen molar-refractivity contribution in [1.29, 1.82) is 0 Å². The number of benzene rings is 1. The number of halogens is 1. The van der Waals surface area contributed by atoms with Gasteiger partial charge < -0.3 is 5.73 Å². The van der Waals surface area contributed by atoms with Gasteiger partial charge in [-0.1, -0.05) is 36.7 Å². The molecule has 1 aromatic rings. The molecule has 128 valence electrons. The van der Waals surface area contributed by atoms with Crippen LogP contribution in [0, 0.1) is 5.92 Å². The van der Waals surface area contributed by atoms with Gasteiger partial charge in [-0.15, -0.1) is 0 Å². The van der Waals surface area contributed by atoms with E-state index >= 15 is 0 Å². The molecule has 8 heteroatoms. The molecular weight excluding hydrogens is 338 g/mol. The molecule has 0 aromatic heterocycles. The first-order valence-corrected chi connectivity index (χ1v) is 9.41. The average molecular weight is 360 g/mol. The Hall–Kier alpha value is -1.15. The van der Waals surface area contributed by atoms with E-state index in [1.165, 1.54) is 8.61 Å². The van der Waals surface area contributed by atoms with Gasteiger partial charge in [0.1, 0.15) is 0 Å². The van der Waals surface area contributed by atoms with Gasteiger partial charge in [-0.2, -0.15) is 17.0 Å². The van der Waals surface area contributed by atoms with E-state index in [9.17, 15) is 13.2 Å². The first kappa shape index (κ1) is 18.2. The lowest BCUT2D eigenvalue weighted by molar-refractivity contribution is -0.122. The van der Waals surface area contributed by atoms with Gasteiger partial charge in [0, 0.05) is 37.1 Å². The maximum absolute atomic E-state index is 12.8. The molecule has 0 unspecified atom stereocenters. The lowest BCUT2D eigenvalue weighted by atomic mass is 9.98. The highest BCUT2D eigenvalue weighted by molar-refractivity contribution is 7.86. The second-order valence-electron chi connectivity index (χ2n) is 5.60. The van der Waals surface area contributed by atoms with Crippen molar-refractivity contribution >= 4 is 27.7 Å². The second-order valence-corrected chi connectivity index (χ2v) is 7.94. The van der Waals surface area contributed by atoms with E-state index in [1.807, 2.05) is 18.2 Å². The van der Waals surface area contributed by atoms with Crippen LogP contribution in [0.3, 0.4) is 0 Å². The number of nitrogens with two attached hydrogens (primary N) is 1. The third-order valence-corrected chi connectivity index (χ3v) is 6.59. The second kappa shape index (κ2) is 7.61. The van der Waals surface area contributed by atoms with Crippen molar-refractivity contribution in [3.05, 3.63) is 34.9 Å². The molecule has 1 fully saturated rings. The minimum atomic E-state index is -3.58. The first-order chi connectivity index (χ1) is 10.9. The summed E-state index contributed by atoms with van der Waals surface area (Å²) in [7, 11) is -3.58. The molecule has 0 atom stereocenters. The standard InChI is InChI=1S/C15H22ClN3O3S/c1-2-18(11-13-5-3-4-6-14(13)16)23(21,22)19-9-7-12(8-10-19)15(17)20/h3-6,12H,2,7-11H2,1H3,(H2,17,20). The van der Waals surface area contributed by atoms with Crippen LogP contribution in [0.1, 0.15) is 25.3 Å². The van der Waals surface area contributed by atoms with Crippen LogP contribution in [0.4, 0.5) is 0 Å². The number of primary amides is 1. The van der Waals surface area contributed by atoms with Crippen molar-refractivity contribution in [3.8, 4) is 0 Å². The Morgan fingerprint density at radius 3 is 2.48 bits per heavy atom. The van der Waals surface area contributed by atoms with E-state index < -0.39 is 10.2 Å². The number of hydrogen-bond donors (Lipinski definition) is 1. The van der Waals surface area contributed by atoms with E-state index in [4.69, 9.17) is 17.3 Å². The number of amides is 1. The van der Waals surface area contributed by atoms with Crippen molar-refractivity contribution in [1.82, 2.24) is 8.61 Å². The molecule has 1 aliphatic heterocycles. The maximum Gasteiger partial charge on any atom is 0.282 e. The molecule has 1 saturated heterocycles. The average Bonchev–Trinajstić information content (AvgIpc) is 2.54. The zero-order valence-electron chi connectivity index (χ0n) is 13.1. The molecule has 2 rings (SSSR count). The molecule has 23 heavy (non-hydrogen) atoms. The Morgan fingerprint density at radius 1 is 1.35 bits per heavy atom. The summed E-state index contributed by atoms with van der Waals surface area (Å²) in [5.41, 5.74) is 6.06. The highest BCUT2D eigenvalue weighted by atomic mass is 35.5. The fourth-order valence-corrected chi connectivity index (χ4v) is 4.53. The topological polar surface area (TPSA) is 83.7 Å². The van der Waals surface area contributed by atoms with Crippen LogP contribution in [0.15, 0.2) is 24.3 Å². The molecule has 0 spiro atoms. The molecule has 0 aliphatic carbocycles. The van der Waals surface area contributed by atoms with Crippen molar-refractivity contribution in [2.45, 2.75) is 26.3 Å². The van der Waals surface area contributed by atoms with Gasteiger partial charge >= 0.3 is 0 Å². The zero-order valence-corrected chi connectivity index (χ0v) is 14.7. The third-order valence-electron chi connectivity index (χ3n) is 4.17. The monoisotopic (exact) mass is 359 g/mol. The van der Waals surface area contributed by atoms with Crippen LogP contribution in [0.2, 0.25) is 5.02 Å².